The molecule has 60 heavy (non-hydrogen) atoms. The van der Waals surface area contributed by atoms with Crippen molar-refractivity contribution in [1.82, 2.24) is 24.8 Å². The summed E-state index contributed by atoms with van der Waals surface area (Å²) in [6.45, 7) is 19.6. The van der Waals surface area contributed by atoms with E-state index in [9.17, 15) is 9.59 Å². The average molecular weight is 824 g/mol. The van der Waals surface area contributed by atoms with Gasteiger partial charge in [-0.2, -0.15) is 9.97 Å². The Bertz CT molecular complexity index is 2380. The van der Waals surface area contributed by atoms with E-state index in [4.69, 9.17) is 45.1 Å². The predicted molar refractivity (Wildman–Crippen MR) is 226 cm³/mol. The first-order valence-electron chi connectivity index (χ1n) is 20.7. The van der Waals surface area contributed by atoms with Crippen LogP contribution in [-0.2, 0) is 14.2 Å². The number of benzene rings is 2. The SMILES string of the molecule is C#Cc1cccc2cc(NC(=O)OC(C)(C)C)cc(-c3nc4c5c(nc(OCC6(CN7CCOCC7)CC6)nc5c3F)N3C[C@@H](C)N(C(=O)OC(C)(C)C)C[C@H]3[C@H](C)O4)c12. The number of amides is 2. The van der Waals surface area contributed by atoms with Crippen LogP contribution in [0.5, 0.6) is 11.9 Å². The van der Waals surface area contributed by atoms with Gasteiger partial charge in [0.05, 0.1) is 25.9 Å². The highest BCUT2D eigenvalue weighted by Crippen LogP contribution is 2.48. The number of nitrogens with one attached hydrogen (secondary N) is 1. The fourth-order valence-corrected chi connectivity index (χ4v) is 8.32. The average Bonchev–Trinajstić information content (AvgIpc) is 3.96. The number of aromatic nitrogens is 3. The van der Waals surface area contributed by atoms with Gasteiger partial charge in [0.2, 0.25) is 5.88 Å². The number of terminal acetylenes is 1. The topological polar surface area (TPSA) is 141 Å². The Morgan fingerprint density at radius 1 is 1.00 bits per heavy atom. The maximum Gasteiger partial charge on any atom is 0.412 e. The molecule has 0 bridgehead atoms. The van der Waals surface area contributed by atoms with Gasteiger partial charge >= 0.3 is 18.2 Å². The lowest BCUT2D eigenvalue weighted by Gasteiger charge is -2.46. The summed E-state index contributed by atoms with van der Waals surface area (Å²) in [5.74, 6) is 2.51. The van der Waals surface area contributed by atoms with Crippen LogP contribution in [0.2, 0.25) is 0 Å². The van der Waals surface area contributed by atoms with E-state index in [1.165, 1.54) is 0 Å². The lowest BCUT2D eigenvalue weighted by atomic mass is 9.95. The molecule has 0 spiro atoms. The fraction of sp³-hybridized carbons (Fsp3) is 0.533. The molecule has 2 aromatic heterocycles. The molecule has 2 saturated heterocycles. The van der Waals surface area contributed by atoms with Crippen molar-refractivity contribution in [2.24, 2.45) is 5.41 Å². The van der Waals surface area contributed by atoms with E-state index in [1.807, 2.05) is 40.7 Å². The Hall–Kier alpha value is -5.46. The lowest BCUT2D eigenvalue weighted by molar-refractivity contribution is 0.00760. The highest BCUT2D eigenvalue weighted by molar-refractivity contribution is 6.06. The molecule has 1 saturated carbocycles. The van der Waals surface area contributed by atoms with Crippen LogP contribution >= 0.6 is 0 Å². The van der Waals surface area contributed by atoms with E-state index >= 15 is 4.39 Å². The second kappa shape index (κ2) is 15.5. The van der Waals surface area contributed by atoms with Crippen molar-refractivity contribution in [2.75, 3.05) is 62.8 Å². The van der Waals surface area contributed by atoms with Gasteiger partial charge in [-0.1, -0.05) is 18.1 Å². The van der Waals surface area contributed by atoms with Crippen LogP contribution < -0.4 is 19.7 Å². The number of rotatable bonds is 7. The molecule has 318 valence electrons. The van der Waals surface area contributed by atoms with Crippen LogP contribution in [0, 0.1) is 23.6 Å². The molecule has 14 nitrogen and oxygen atoms in total. The van der Waals surface area contributed by atoms with Crippen molar-refractivity contribution in [1.29, 1.82) is 0 Å². The summed E-state index contributed by atoms with van der Waals surface area (Å²) in [7, 11) is 0. The fourth-order valence-electron chi connectivity index (χ4n) is 8.32. The van der Waals surface area contributed by atoms with Crippen molar-refractivity contribution in [3.05, 3.63) is 41.7 Å². The number of ether oxygens (including phenoxy) is 5. The molecule has 2 aromatic carbocycles. The first kappa shape index (κ1) is 41.3. The van der Waals surface area contributed by atoms with Gasteiger partial charge in [0.1, 0.15) is 39.7 Å². The standard InChI is InChI=1S/C45H54FN7O7/c1-10-28-12-11-13-29-20-30(47-41(54)59-43(4,5)6)21-31(33(28)29)36-35(46)37-34-38(50-40(49-37)57-25-45(14-15-45)24-51-16-18-56-19-17-51)53-22-26(2)52(42(55)60-44(7,8)9)23-32(53)27(3)58-39(34)48-36/h1,11-13,20-21,26-27,32H,14-19,22-25H2,2-9H3,(H,47,54)/t26-,27+,32+/m1/s1. The van der Waals surface area contributed by atoms with Crippen molar-refractivity contribution in [3.8, 4) is 35.5 Å². The molecule has 4 aromatic rings. The molecule has 3 fully saturated rings. The molecule has 1 N–H and O–H groups in total. The van der Waals surface area contributed by atoms with Gasteiger partial charge < -0.3 is 33.5 Å². The zero-order chi connectivity index (χ0) is 42.7. The zero-order valence-corrected chi connectivity index (χ0v) is 35.7. The molecule has 8 rings (SSSR count). The minimum absolute atomic E-state index is 0.0257. The Morgan fingerprint density at radius 2 is 1.73 bits per heavy atom. The lowest BCUT2D eigenvalue weighted by Crippen LogP contribution is -2.63. The Labute approximate surface area is 350 Å². The maximum absolute atomic E-state index is 17.8. The summed E-state index contributed by atoms with van der Waals surface area (Å²) in [5, 5.41) is 4.29. The Balaban J connectivity index is 1.26. The van der Waals surface area contributed by atoms with Gasteiger partial charge in [-0.05, 0) is 91.8 Å². The number of morpholine rings is 1. The molecule has 4 aliphatic rings. The summed E-state index contributed by atoms with van der Waals surface area (Å²) in [4.78, 5) is 47.4. The van der Waals surface area contributed by atoms with Gasteiger partial charge in [-0.25, -0.2) is 19.0 Å². The number of nitrogens with zero attached hydrogens (tertiary/aromatic N) is 6. The van der Waals surface area contributed by atoms with Gasteiger partial charge in [0.15, 0.2) is 5.82 Å². The van der Waals surface area contributed by atoms with Crippen LogP contribution in [0.25, 0.3) is 32.9 Å². The highest BCUT2D eigenvalue weighted by atomic mass is 19.1. The number of carbonyl (C=O) groups is 2. The summed E-state index contributed by atoms with van der Waals surface area (Å²) < 4.78 is 47.8. The van der Waals surface area contributed by atoms with E-state index in [1.54, 1.807) is 49.9 Å². The van der Waals surface area contributed by atoms with Gasteiger partial charge in [-0.15, -0.1) is 6.42 Å². The first-order chi connectivity index (χ1) is 28.4. The zero-order valence-electron chi connectivity index (χ0n) is 35.7. The number of hydrogen-bond acceptors (Lipinski definition) is 12. The third-order valence-electron chi connectivity index (χ3n) is 11.4. The molecule has 3 aliphatic heterocycles. The number of pyridine rings is 1. The van der Waals surface area contributed by atoms with Crippen LogP contribution in [0.3, 0.4) is 0 Å². The van der Waals surface area contributed by atoms with Crippen LogP contribution in [-0.4, -0.2) is 119 Å². The first-order valence-corrected chi connectivity index (χ1v) is 20.7. The monoisotopic (exact) mass is 823 g/mol. The summed E-state index contributed by atoms with van der Waals surface area (Å²) in [6, 6.07) is 8.09. The van der Waals surface area contributed by atoms with Crippen LogP contribution in [0.1, 0.15) is 73.8 Å². The van der Waals surface area contributed by atoms with Crippen molar-refractivity contribution in [2.45, 2.75) is 97.6 Å². The third kappa shape index (κ3) is 8.45. The van der Waals surface area contributed by atoms with Gasteiger partial charge in [0.25, 0.3) is 0 Å². The molecule has 0 unspecified atom stereocenters. The molecule has 0 radical (unpaired) electrons. The number of piperazine rings is 1. The normalized spacial score (nSPS) is 21.4. The number of halogens is 1. The number of fused-ring (bicyclic) bond motifs is 3. The minimum atomic E-state index is -0.755. The molecular weight excluding hydrogens is 770 g/mol. The van der Waals surface area contributed by atoms with Crippen LogP contribution in [0.15, 0.2) is 30.3 Å². The van der Waals surface area contributed by atoms with Crippen molar-refractivity contribution in [3.63, 3.8) is 0 Å². The Morgan fingerprint density at radius 3 is 2.42 bits per heavy atom. The van der Waals surface area contributed by atoms with E-state index in [-0.39, 0.29) is 46.5 Å². The van der Waals surface area contributed by atoms with Gasteiger partial charge in [0, 0.05) is 66.4 Å². The number of hydrogen-bond donors (Lipinski definition) is 1. The molecule has 5 heterocycles. The smallest absolute Gasteiger partial charge is 0.412 e. The Kier molecular flexibility index (Phi) is 10.7. The van der Waals surface area contributed by atoms with Crippen molar-refractivity contribution < 1.29 is 37.7 Å². The minimum Gasteiger partial charge on any atom is -0.472 e. The predicted octanol–water partition coefficient (Wildman–Crippen LogP) is 7.40. The number of anilines is 2. The molecule has 1 aliphatic carbocycles. The van der Waals surface area contributed by atoms with Crippen LogP contribution in [0.4, 0.5) is 25.5 Å². The molecule has 2 amide bonds. The third-order valence-corrected chi connectivity index (χ3v) is 11.4. The van der Waals surface area contributed by atoms with E-state index in [0.717, 1.165) is 32.5 Å². The van der Waals surface area contributed by atoms with E-state index in [0.29, 0.717) is 59.8 Å². The highest BCUT2D eigenvalue weighted by Gasteiger charge is 2.46. The van der Waals surface area contributed by atoms with Gasteiger partial charge in [-0.3, -0.25) is 10.2 Å². The van der Waals surface area contributed by atoms with E-state index in [2.05, 4.69) is 21.0 Å². The molecule has 3 atom stereocenters. The summed E-state index contributed by atoms with van der Waals surface area (Å²) in [6.07, 6.45) is 6.35. The van der Waals surface area contributed by atoms with Crippen molar-refractivity contribution >= 4 is 45.4 Å². The summed E-state index contributed by atoms with van der Waals surface area (Å²) >= 11 is 0. The largest absolute Gasteiger partial charge is 0.472 e. The molecular formula is C45H54FN7O7. The summed E-state index contributed by atoms with van der Waals surface area (Å²) in [5.41, 5.74) is -0.484. The van der Waals surface area contributed by atoms with E-state index < -0.39 is 41.4 Å². The molecule has 15 heteroatoms. The quantitative estimate of drug-likeness (QED) is 0.186. The maximum atomic E-state index is 17.8. The second-order valence-corrected chi connectivity index (χ2v) is 18.5. The second-order valence-electron chi connectivity index (χ2n) is 18.5. The number of carbonyl (C=O) groups excluding carboxylic acids is 2.